The Morgan fingerprint density at radius 2 is 1.83 bits per heavy atom. The van der Waals surface area contributed by atoms with Crippen molar-refractivity contribution < 1.29 is 22.8 Å². The van der Waals surface area contributed by atoms with E-state index in [-0.39, 0.29) is 12.3 Å². The van der Waals surface area contributed by atoms with Crippen LogP contribution >= 0.6 is 0 Å². The number of nitrogens with one attached hydrogen (secondary N) is 1. The van der Waals surface area contributed by atoms with Gasteiger partial charge in [0.25, 0.3) is 0 Å². The Balaban J connectivity index is 2.77. The average molecular weight is 330 g/mol. The first kappa shape index (κ1) is 19.0. The molecule has 0 spiro atoms. The molecule has 1 aromatic rings. The van der Waals surface area contributed by atoms with Crippen molar-refractivity contribution in [3.05, 3.63) is 35.4 Å². The van der Waals surface area contributed by atoms with Crippen molar-refractivity contribution in [2.45, 2.75) is 39.4 Å². The molecule has 3 N–H and O–H groups in total. The number of halogens is 3. The van der Waals surface area contributed by atoms with Crippen LogP contribution in [-0.4, -0.2) is 17.9 Å². The molecule has 0 aliphatic carbocycles. The Hall–Kier alpha value is -2.05. The lowest BCUT2D eigenvalue weighted by molar-refractivity contribution is -0.137. The van der Waals surface area contributed by atoms with E-state index in [0.29, 0.717) is 5.56 Å². The number of hydrogen-bond donors (Lipinski definition) is 2. The van der Waals surface area contributed by atoms with E-state index in [2.05, 4.69) is 5.32 Å². The molecule has 128 valence electrons. The highest BCUT2D eigenvalue weighted by Crippen LogP contribution is 2.30. The zero-order valence-corrected chi connectivity index (χ0v) is 13.3. The summed E-state index contributed by atoms with van der Waals surface area (Å²) in [5.74, 6) is -1.81. The van der Waals surface area contributed by atoms with Crippen LogP contribution in [0.25, 0.3) is 0 Å². The lowest BCUT2D eigenvalue weighted by Gasteiger charge is -2.21. The van der Waals surface area contributed by atoms with E-state index in [1.165, 1.54) is 12.1 Å². The maximum absolute atomic E-state index is 12.7. The predicted molar refractivity (Wildman–Crippen MR) is 80.3 cm³/mol. The average Bonchev–Trinajstić information content (AvgIpc) is 2.43. The fraction of sp³-hybridized carbons (Fsp3) is 0.500. The molecule has 0 saturated carbocycles. The highest BCUT2D eigenvalue weighted by Gasteiger charge is 2.30. The molecule has 0 unspecified atom stereocenters. The predicted octanol–water partition coefficient (Wildman–Crippen LogP) is 2.51. The number of alkyl halides is 3. The molecule has 0 aliphatic rings. The summed E-state index contributed by atoms with van der Waals surface area (Å²) in [4.78, 5) is 23.4. The van der Waals surface area contributed by atoms with Gasteiger partial charge in [-0.05, 0) is 24.0 Å². The van der Waals surface area contributed by atoms with E-state index < -0.39 is 35.5 Å². The third kappa shape index (κ3) is 5.58. The Morgan fingerprint density at radius 1 is 1.22 bits per heavy atom. The SMILES string of the molecule is CC(C)[C@@H](NC(=O)[C@H](C)Cc1cccc(C(F)(F)F)c1)C(N)=O. The van der Waals surface area contributed by atoms with Gasteiger partial charge in [0.1, 0.15) is 6.04 Å². The third-order valence-electron chi connectivity index (χ3n) is 3.51. The molecule has 23 heavy (non-hydrogen) atoms. The van der Waals surface area contributed by atoms with Crippen molar-refractivity contribution in [3.8, 4) is 0 Å². The lowest BCUT2D eigenvalue weighted by atomic mass is 9.97. The second kappa shape index (κ2) is 7.48. The second-order valence-corrected chi connectivity index (χ2v) is 5.94. The summed E-state index contributed by atoms with van der Waals surface area (Å²) in [7, 11) is 0. The smallest absolute Gasteiger partial charge is 0.368 e. The molecule has 2 atom stereocenters. The van der Waals surface area contributed by atoms with Gasteiger partial charge in [-0.2, -0.15) is 13.2 Å². The van der Waals surface area contributed by atoms with Crippen LogP contribution in [-0.2, 0) is 22.2 Å². The Labute approximate surface area is 133 Å². The fourth-order valence-electron chi connectivity index (χ4n) is 2.18. The summed E-state index contributed by atoms with van der Waals surface area (Å²) in [6.07, 6.45) is -4.28. The van der Waals surface area contributed by atoms with Gasteiger partial charge >= 0.3 is 6.18 Å². The minimum atomic E-state index is -4.42. The van der Waals surface area contributed by atoms with E-state index in [0.717, 1.165) is 12.1 Å². The molecule has 0 fully saturated rings. The number of carbonyl (C=O) groups is 2. The van der Waals surface area contributed by atoms with Crippen molar-refractivity contribution in [2.24, 2.45) is 17.6 Å². The Bertz CT molecular complexity index is 571. The molecule has 1 aromatic carbocycles. The van der Waals surface area contributed by atoms with Crippen LogP contribution < -0.4 is 11.1 Å². The van der Waals surface area contributed by atoms with E-state index in [1.54, 1.807) is 20.8 Å². The molecule has 0 saturated heterocycles. The summed E-state index contributed by atoms with van der Waals surface area (Å²) >= 11 is 0. The normalized spacial score (nSPS) is 14.4. The minimum absolute atomic E-state index is 0.138. The summed E-state index contributed by atoms with van der Waals surface area (Å²) < 4.78 is 38.0. The molecule has 0 radical (unpaired) electrons. The highest BCUT2D eigenvalue weighted by molar-refractivity contribution is 5.87. The second-order valence-electron chi connectivity index (χ2n) is 5.94. The van der Waals surface area contributed by atoms with E-state index in [1.807, 2.05) is 0 Å². The highest BCUT2D eigenvalue weighted by atomic mass is 19.4. The summed E-state index contributed by atoms with van der Waals surface area (Å²) in [5, 5.41) is 2.55. The van der Waals surface area contributed by atoms with Gasteiger partial charge in [0, 0.05) is 5.92 Å². The first-order chi connectivity index (χ1) is 10.5. The van der Waals surface area contributed by atoms with Crippen LogP contribution in [0.2, 0.25) is 0 Å². The number of nitrogens with two attached hydrogens (primary N) is 1. The maximum atomic E-state index is 12.7. The third-order valence-corrected chi connectivity index (χ3v) is 3.51. The largest absolute Gasteiger partial charge is 0.416 e. The van der Waals surface area contributed by atoms with Crippen molar-refractivity contribution in [1.82, 2.24) is 5.32 Å². The topological polar surface area (TPSA) is 72.2 Å². The molecule has 0 heterocycles. The summed E-state index contributed by atoms with van der Waals surface area (Å²) in [5.41, 5.74) is 4.88. The van der Waals surface area contributed by atoms with Crippen molar-refractivity contribution >= 4 is 11.8 Å². The number of carbonyl (C=O) groups excluding carboxylic acids is 2. The first-order valence-corrected chi connectivity index (χ1v) is 7.28. The van der Waals surface area contributed by atoms with Crippen LogP contribution in [0.5, 0.6) is 0 Å². The molecule has 1 rings (SSSR count). The molecule has 0 aliphatic heterocycles. The molecule has 4 nitrogen and oxygen atoms in total. The summed E-state index contributed by atoms with van der Waals surface area (Å²) in [6.45, 7) is 5.08. The summed E-state index contributed by atoms with van der Waals surface area (Å²) in [6, 6.07) is 4.05. The van der Waals surface area contributed by atoms with Crippen molar-refractivity contribution in [2.75, 3.05) is 0 Å². The number of rotatable bonds is 6. The number of hydrogen-bond acceptors (Lipinski definition) is 2. The van der Waals surface area contributed by atoms with Crippen LogP contribution in [0.1, 0.15) is 31.9 Å². The van der Waals surface area contributed by atoms with Crippen molar-refractivity contribution in [3.63, 3.8) is 0 Å². The molecular weight excluding hydrogens is 309 g/mol. The van der Waals surface area contributed by atoms with Gasteiger partial charge in [0.15, 0.2) is 0 Å². The number of benzene rings is 1. The maximum Gasteiger partial charge on any atom is 0.416 e. The van der Waals surface area contributed by atoms with Gasteiger partial charge in [0.05, 0.1) is 5.56 Å². The first-order valence-electron chi connectivity index (χ1n) is 7.28. The van der Waals surface area contributed by atoms with Crippen molar-refractivity contribution in [1.29, 1.82) is 0 Å². The fourth-order valence-corrected chi connectivity index (χ4v) is 2.18. The molecule has 0 bridgehead atoms. The lowest BCUT2D eigenvalue weighted by Crippen LogP contribution is -2.49. The van der Waals surface area contributed by atoms with Gasteiger partial charge < -0.3 is 11.1 Å². The van der Waals surface area contributed by atoms with Crippen LogP contribution in [0, 0.1) is 11.8 Å². The Morgan fingerprint density at radius 3 is 2.30 bits per heavy atom. The van der Waals surface area contributed by atoms with E-state index in [4.69, 9.17) is 5.73 Å². The van der Waals surface area contributed by atoms with Crippen LogP contribution in [0.15, 0.2) is 24.3 Å². The zero-order chi connectivity index (χ0) is 17.8. The zero-order valence-electron chi connectivity index (χ0n) is 13.3. The monoisotopic (exact) mass is 330 g/mol. The minimum Gasteiger partial charge on any atom is -0.368 e. The van der Waals surface area contributed by atoms with Gasteiger partial charge in [-0.3, -0.25) is 9.59 Å². The molecule has 7 heteroatoms. The van der Waals surface area contributed by atoms with Crippen LogP contribution in [0.3, 0.4) is 0 Å². The molecule has 0 aromatic heterocycles. The number of primary amides is 1. The standard InChI is InChI=1S/C16H21F3N2O2/c1-9(2)13(14(20)22)21-15(23)10(3)7-11-5-4-6-12(8-11)16(17,18)19/h4-6,8-10,13H,7H2,1-3H3,(H2,20,22)(H,21,23)/t10-,13-/m1/s1. The molecule has 2 amide bonds. The Kier molecular flexibility index (Phi) is 6.18. The van der Waals surface area contributed by atoms with Gasteiger partial charge in [-0.25, -0.2) is 0 Å². The van der Waals surface area contributed by atoms with Gasteiger partial charge in [0.2, 0.25) is 11.8 Å². The van der Waals surface area contributed by atoms with E-state index in [9.17, 15) is 22.8 Å². The van der Waals surface area contributed by atoms with Gasteiger partial charge in [-0.1, -0.05) is 39.0 Å². The molecular formula is C16H21F3N2O2. The van der Waals surface area contributed by atoms with Gasteiger partial charge in [-0.15, -0.1) is 0 Å². The van der Waals surface area contributed by atoms with E-state index >= 15 is 0 Å². The van der Waals surface area contributed by atoms with Crippen LogP contribution in [0.4, 0.5) is 13.2 Å². The quantitative estimate of drug-likeness (QED) is 0.841. The number of amides is 2.